The number of anilines is 1. The van der Waals surface area contributed by atoms with Gasteiger partial charge in [0.05, 0.1) is 4.92 Å². The SMILES string of the molecule is Cc1ccc(-c2nc3cc(NC(=O)c4ccc([N+](=O)[O-])cc4)ccc3o2)cc1. The second kappa shape index (κ2) is 6.96. The smallest absolute Gasteiger partial charge is 0.269 e. The van der Waals surface area contributed by atoms with E-state index in [-0.39, 0.29) is 11.6 Å². The molecule has 3 aromatic carbocycles. The molecule has 1 aromatic heterocycles. The van der Waals surface area contributed by atoms with Crippen molar-refractivity contribution in [1.29, 1.82) is 0 Å². The van der Waals surface area contributed by atoms with Gasteiger partial charge in [0.1, 0.15) is 5.52 Å². The molecule has 0 fully saturated rings. The molecule has 1 N–H and O–H groups in total. The summed E-state index contributed by atoms with van der Waals surface area (Å²) in [7, 11) is 0. The van der Waals surface area contributed by atoms with E-state index in [4.69, 9.17) is 4.42 Å². The molecule has 4 rings (SSSR count). The Morgan fingerprint density at radius 1 is 1.04 bits per heavy atom. The molecule has 0 unspecified atom stereocenters. The molecule has 0 saturated heterocycles. The third-order valence-corrected chi connectivity index (χ3v) is 4.28. The highest BCUT2D eigenvalue weighted by atomic mass is 16.6. The minimum Gasteiger partial charge on any atom is -0.436 e. The lowest BCUT2D eigenvalue weighted by molar-refractivity contribution is -0.384. The fraction of sp³-hybridized carbons (Fsp3) is 0.0476. The molecular weight excluding hydrogens is 358 g/mol. The zero-order valence-electron chi connectivity index (χ0n) is 14.9. The third-order valence-electron chi connectivity index (χ3n) is 4.28. The first kappa shape index (κ1) is 17.4. The molecule has 0 saturated carbocycles. The van der Waals surface area contributed by atoms with Crippen LogP contribution in [-0.2, 0) is 0 Å². The number of amides is 1. The number of nitro groups is 1. The third kappa shape index (κ3) is 3.45. The Morgan fingerprint density at radius 2 is 1.75 bits per heavy atom. The van der Waals surface area contributed by atoms with E-state index in [2.05, 4.69) is 10.3 Å². The average molecular weight is 373 g/mol. The number of nitrogens with zero attached hydrogens (tertiary/aromatic N) is 2. The van der Waals surface area contributed by atoms with Gasteiger partial charge in [-0.25, -0.2) is 4.98 Å². The first-order valence-electron chi connectivity index (χ1n) is 8.53. The number of nitrogens with one attached hydrogen (secondary N) is 1. The van der Waals surface area contributed by atoms with Crippen molar-refractivity contribution in [1.82, 2.24) is 4.98 Å². The number of non-ortho nitro benzene ring substituents is 1. The van der Waals surface area contributed by atoms with Gasteiger partial charge in [0.2, 0.25) is 5.89 Å². The lowest BCUT2D eigenvalue weighted by Crippen LogP contribution is -2.11. The van der Waals surface area contributed by atoms with Crippen LogP contribution in [0.3, 0.4) is 0 Å². The van der Waals surface area contributed by atoms with Crippen molar-refractivity contribution in [3.63, 3.8) is 0 Å². The van der Waals surface area contributed by atoms with Gasteiger partial charge >= 0.3 is 0 Å². The van der Waals surface area contributed by atoms with Gasteiger partial charge in [0.15, 0.2) is 5.58 Å². The lowest BCUT2D eigenvalue weighted by Gasteiger charge is -2.04. The van der Waals surface area contributed by atoms with Crippen molar-refractivity contribution in [3.8, 4) is 11.5 Å². The normalized spacial score (nSPS) is 10.8. The van der Waals surface area contributed by atoms with E-state index in [0.29, 0.717) is 28.2 Å². The maximum absolute atomic E-state index is 12.4. The van der Waals surface area contributed by atoms with Gasteiger partial charge in [-0.3, -0.25) is 14.9 Å². The zero-order valence-corrected chi connectivity index (χ0v) is 14.9. The highest BCUT2D eigenvalue weighted by Gasteiger charge is 2.12. The number of nitro benzene ring substituents is 1. The molecule has 0 spiro atoms. The molecule has 0 radical (unpaired) electrons. The van der Waals surface area contributed by atoms with Crippen LogP contribution in [0.25, 0.3) is 22.6 Å². The Kier molecular flexibility index (Phi) is 4.33. The number of hydrogen-bond donors (Lipinski definition) is 1. The standard InChI is InChI=1S/C21H15N3O4/c1-13-2-4-15(5-3-13)21-23-18-12-16(8-11-19(18)28-21)22-20(25)14-6-9-17(10-7-14)24(26)27/h2-12H,1H3,(H,22,25). The predicted octanol–water partition coefficient (Wildman–Crippen LogP) is 4.96. The summed E-state index contributed by atoms with van der Waals surface area (Å²) in [6, 6.07) is 18.5. The number of rotatable bonds is 4. The van der Waals surface area contributed by atoms with E-state index in [1.807, 2.05) is 31.2 Å². The summed E-state index contributed by atoms with van der Waals surface area (Å²) in [5.74, 6) is 0.144. The minimum atomic E-state index is -0.508. The largest absolute Gasteiger partial charge is 0.436 e. The van der Waals surface area contributed by atoms with Crippen LogP contribution in [0.1, 0.15) is 15.9 Å². The number of aryl methyl sites for hydroxylation is 1. The van der Waals surface area contributed by atoms with Crippen LogP contribution < -0.4 is 5.32 Å². The van der Waals surface area contributed by atoms with Crippen LogP contribution in [0, 0.1) is 17.0 Å². The van der Waals surface area contributed by atoms with E-state index < -0.39 is 4.92 Å². The topological polar surface area (TPSA) is 98.3 Å². The number of carbonyl (C=O) groups excluding carboxylic acids is 1. The highest BCUT2D eigenvalue weighted by Crippen LogP contribution is 2.26. The lowest BCUT2D eigenvalue weighted by atomic mass is 10.1. The van der Waals surface area contributed by atoms with E-state index in [1.165, 1.54) is 24.3 Å². The van der Waals surface area contributed by atoms with Gasteiger partial charge < -0.3 is 9.73 Å². The monoisotopic (exact) mass is 373 g/mol. The molecule has 7 heteroatoms. The summed E-state index contributed by atoms with van der Waals surface area (Å²) in [6.07, 6.45) is 0. The van der Waals surface area contributed by atoms with Crippen molar-refractivity contribution in [2.75, 3.05) is 5.32 Å². The molecule has 0 aliphatic heterocycles. The molecule has 0 aliphatic rings. The second-order valence-electron chi connectivity index (χ2n) is 6.33. The Bertz CT molecular complexity index is 1180. The van der Waals surface area contributed by atoms with Gasteiger partial charge in [-0.1, -0.05) is 17.7 Å². The minimum absolute atomic E-state index is 0.0656. The summed E-state index contributed by atoms with van der Waals surface area (Å²) in [6.45, 7) is 2.01. The van der Waals surface area contributed by atoms with Crippen molar-refractivity contribution in [3.05, 3.63) is 88.0 Å². The van der Waals surface area contributed by atoms with Gasteiger partial charge in [-0.15, -0.1) is 0 Å². The fourth-order valence-electron chi connectivity index (χ4n) is 2.76. The molecule has 1 amide bonds. The van der Waals surface area contributed by atoms with Crippen LogP contribution in [-0.4, -0.2) is 15.8 Å². The van der Waals surface area contributed by atoms with Crippen LogP contribution >= 0.6 is 0 Å². The second-order valence-corrected chi connectivity index (χ2v) is 6.33. The summed E-state index contributed by atoms with van der Waals surface area (Å²) in [5.41, 5.74) is 4.07. The highest BCUT2D eigenvalue weighted by molar-refractivity contribution is 6.05. The number of hydrogen-bond acceptors (Lipinski definition) is 5. The Morgan fingerprint density at radius 3 is 2.43 bits per heavy atom. The van der Waals surface area contributed by atoms with Gasteiger partial charge in [-0.05, 0) is 49.4 Å². The number of fused-ring (bicyclic) bond motifs is 1. The van der Waals surface area contributed by atoms with Crippen LogP contribution in [0.4, 0.5) is 11.4 Å². The van der Waals surface area contributed by atoms with Crippen LogP contribution in [0.5, 0.6) is 0 Å². The molecular formula is C21H15N3O4. The zero-order chi connectivity index (χ0) is 19.7. The van der Waals surface area contributed by atoms with Crippen LogP contribution in [0.2, 0.25) is 0 Å². The van der Waals surface area contributed by atoms with E-state index in [0.717, 1.165) is 11.1 Å². The maximum Gasteiger partial charge on any atom is 0.269 e. The Hall–Kier alpha value is -4.00. The molecule has 0 bridgehead atoms. The van der Waals surface area contributed by atoms with Gasteiger partial charge in [0, 0.05) is 28.9 Å². The van der Waals surface area contributed by atoms with Crippen LogP contribution in [0.15, 0.2) is 71.1 Å². The fourth-order valence-corrected chi connectivity index (χ4v) is 2.76. The quantitative estimate of drug-likeness (QED) is 0.402. The van der Waals surface area contributed by atoms with Crippen molar-refractivity contribution in [2.45, 2.75) is 6.92 Å². The molecule has 0 aliphatic carbocycles. The number of benzene rings is 3. The first-order valence-corrected chi connectivity index (χ1v) is 8.53. The van der Waals surface area contributed by atoms with E-state index in [9.17, 15) is 14.9 Å². The summed E-state index contributed by atoms with van der Waals surface area (Å²) >= 11 is 0. The Labute approximate surface area is 159 Å². The molecule has 1 heterocycles. The van der Waals surface area contributed by atoms with Gasteiger partial charge in [0.25, 0.3) is 11.6 Å². The predicted molar refractivity (Wildman–Crippen MR) is 105 cm³/mol. The number of carbonyl (C=O) groups is 1. The summed E-state index contributed by atoms with van der Waals surface area (Å²) in [5, 5.41) is 13.5. The van der Waals surface area contributed by atoms with Gasteiger partial charge in [-0.2, -0.15) is 0 Å². The maximum atomic E-state index is 12.4. The van der Waals surface area contributed by atoms with E-state index >= 15 is 0 Å². The first-order chi connectivity index (χ1) is 13.5. The molecule has 138 valence electrons. The summed E-state index contributed by atoms with van der Waals surface area (Å²) < 4.78 is 5.79. The molecule has 28 heavy (non-hydrogen) atoms. The summed E-state index contributed by atoms with van der Waals surface area (Å²) in [4.78, 5) is 27.1. The number of aromatic nitrogens is 1. The molecule has 4 aromatic rings. The van der Waals surface area contributed by atoms with E-state index in [1.54, 1.807) is 18.2 Å². The molecule has 0 atom stereocenters. The average Bonchev–Trinajstić information content (AvgIpc) is 3.12. The van der Waals surface area contributed by atoms with Crippen molar-refractivity contribution in [2.24, 2.45) is 0 Å². The Balaban J connectivity index is 1.56. The number of oxazole rings is 1. The van der Waals surface area contributed by atoms with Crippen molar-refractivity contribution >= 4 is 28.4 Å². The molecule has 7 nitrogen and oxygen atoms in total. The van der Waals surface area contributed by atoms with Crippen molar-refractivity contribution < 1.29 is 14.1 Å².